The predicted octanol–water partition coefficient (Wildman–Crippen LogP) is 2.95. The molecule has 1 fully saturated rings. The third-order valence-electron chi connectivity index (χ3n) is 4.86. The molecule has 0 unspecified atom stereocenters. The molecule has 1 aromatic heterocycles. The molecule has 7 heteroatoms. The van der Waals surface area contributed by atoms with E-state index in [2.05, 4.69) is 54.6 Å². The Labute approximate surface area is 164 Å². The SMILES string of the molecule is Fc1ccc(CNc2nncc(N3CCN(Cc4ccccc4)CC3)n2)cc1. The summed E-state index contributed by atoms with van der Waals surface area (Å²) in [6.07, 6.45) is 1.70. The summed E-state index contributed by atoms with van der Waals surface area (Å²) in [5.74, 6) is 1.07. The monoisotopic (exact) mass is 378 g/mol. The van der Waals surface area contributed by atoms with Gasteiger partial charge in [0.15, 0.2) is 5.82 Å². The van der Waals surface area contributed by atoms with E-state index in [0.717, 1.165) is 44.1 Å². The van der Waals surface area contributed by atoms with E-state index < -0.39 is 0 Å². The van der Waals surface area contributed by atoms with Crippen LogP contribution < -0.4 is 10.2 Å². The van der Waals surface area contributed by atoms with Crippen LogP contribution in [0.15, 0.2) is 60.8 Å². The van der Waals surface area contributed by atoms with Crippen LogP contribution in [0, 0.1) is 5.82 Å². The van der Waals surface area contributed by atoms with Crippen molar-refractivity contribution < 1.29 is 4.39 Å². The second-order valence-electron chi connectivity index (χ2n) is 6.87. The molecule has 0 saturated carbocycles. The van der Waals surface area contributed by atoms with Gasteiger partial charge in [-0.05, 0) is 23.3 Å². The average molecular weight is 378 g/mol. The number of rotatable bonds is 6. The first kappa shape index (κ1) is 18.3. The summed E-state index contributed by atoms with van der Waals surface area (Å²) in [7, 11) is 0. The lowest BCUT2D eigenvalue weighted by molar-refractivity contribution is 0.249. The van der Waals surface area contributed by atoms with Crippen molar-refractivity contribution in [1.82, 2.24) is 20.1 Å². The van der Waals surface area contributed by atoms with Crippen LogP contribution >= 0.6 is 0 Å². The van der Waals surface area contributed by atoms with E-state index in [0.29, 0.717) is 12.5 Å². The Morgan fingerprint density at radius 2 is 1.64 bits per heavy atom. The smallest absolute Gasteiger partial charge is 0.244 e. The Kier molecular flexibility index (Phi) is 5.72. The van der Waals surface area contributed by atoms with E-state index in [9.17, 15) is 4.39 Å². The lowest BCUT2D eigenvalue weighted by Gasteiger charge is -2.35. The summed E-state index contributed by atoms with van der Waals surface area (Å²) in [4.78, 5) is 9.27. The van der Waals surface area contributed by atoms with Crippen molar-refractivity contribution in [2.24, 2.45) is 0 Å². The maximum atomic E-state index is 13.0. The van der Waals surface area contributed by atoms with Gasteiger partial charge in [-0.15, -0.1) is 5.10 Å². The summed E-state index contributed by atoms with van der Waals surface area (Å²) in [5, 5.41) is 11.3. The molecule has 2 aromatic carbocycles. The van der Waals surface area contributed by atoms with Crippen LogP contribution in [0.25, 0.3) is 0 Å². The van der Waals surface area contributed by atoms with E-state index in [1.165, 1.54) is 17.7 Å². The Balaban J connectivity index is 1.31. The zero-order valence-corrected chi connectivity index (χ0v) is 15.6. The molecular weight excluding hydrogens is 355 g/mol. The van der Waals surface area contributed by atoms with Crippen LogP contribution in [0.3, 0.4) is 0 Å². The van der Waals surface area contributed by atoms with E-state index >= 15 is 0 Å². The number of hydrogen-bond donors (Lipinski definition) is 1. The van der Waals surface area contributed by atoms with Gasteiger partial charge in [0.05, 0.1) is 6.20 Å². The van der Waals surface area contributed by atoms with Crippen LogP contribution in [-0.2, 0) is 13.1 Å². The molecule has 1 saturated heterocycles. The van der Waals surface area contributed by atoms with Crippen LogP contribution in [0.5, 0.6) is 0 Å². The molecule has 144 valence electrons. The number of piperazine rings is 1. The zero-order chi connectivity index (χ0) is 19.2. The van der Waals surface area contributed by atoms with Crippen molar-refractivity contribution in [3.8, 4) is 0 Å². The van der Waals surface area contributed by atoms with Crippen molar-refractivity contribution >= 4 is 11.8 Å². The van der Waals surface area contributed by atoms with Crippen LogP contribution in [0.2, 0.25) is 0 Å². The van der Waals surface area contributed by atoms with Gasteiger partial charge in [0.25, 0.3) is 0 Å². The van der Waals surface area contributed by atoms with Crippen molar-refractivity contribution in [3.05, 3.63) is 77.7 Å². The summed E-state index contributed by atoms with van der Waals surface area (Å²) in [6, 6.07) is 16.9. The van der Waals surface area contributed by atoms with Gasteiger partial charge in [-0.25, -0.2) is 4.39 Å². The largest absolute Gasteiger partial charge is 0.353 e. The molecule has 0 amide bonds. The molecule has 0 bridgehead atoms. The van der Waals surface area contributed by atoms with Gasteiger partial charge in [-0.1, -0.05) is 42.5 Å². The normalized spacial score (nSPS) is 14.8. The van der Waals surface area contributed by atoms with Crippen molar-refractivity contribution in [1.29, 1.82) is 0 Å². The van der Waals surface area contributed by atoms with Crippen LogP contribution in [0.4, 0.5) is 16.2 Å². The Morgan fingerprint density at radius 3 is 2.39 bits per heavy atom. The van der Waals surface area contributed by atoms with E-state index in [4.69, 9.17) is 0 Å². The fourth-order valence-electron chi connectivity index (χ4n) is 3.28. The third kappa shape index (κ3) is 4.80. The van der Waals surface area contributed by atoms with Crippen molar-refractivity contribution in [2.45, 2.75) is 13.1 Å². The van der Waals surface area contributed by atoms with E-state index in [1.54, 1.807) is 18.3 Å². The highest BCUT2D eigenvalue weighted by atomic mass is 19.1. The highest BCUT2D eigenvalue weighted by Crippen LogP contribution is 2.15. The van der Waals surface area contributed by atoms with Crippen LogP contribution in [-0.4, -0.2) is 46.3 Å². The molecule has 6 nitrogen and oxygen atoms in total. The molecule has 1 N–H and O–H groups in total. The first-order valence-corrected chi connectivity index (χ1v) is 9.45. The number of nitrogens with zero attached hydrogens (tertiary/aromatic N) is 5. The topological polar surface area (TPSA) is 57.2 Å². The van der Waals surface area contributed by atoms with Gasteiger partial charge >= 0.3 is 0 Å². The molecule has 28 heavy (non-hydrogen) atoms. The summed E-state index contributed by atoms with van der Waals surface area (Å²) >= 11 is 0. The van der Waals surface area contributed by atoms with E-state index in [-0.39, 0.29) is 5.82 Å². The molecular formula is C21H23FN6. The quantitative estimate of drug-likeness (QED) is 0.712. The molecule has 1 aliphatic rings. The van der Waals surface area contributed by atoms with Crippen molar-refractivity contribution in [2.75, 3.05) is 36.4 Å². The van der Waals surface area contributed by atoms with Gasteiger partial charge < -0.3 is 10.2 Å². The second kappa shape index (κ2) is 8.75. The first-order valence-electron chi connectivity index (χ1n) is 9.45. The predicted molar refractivity (Wildman–Crippen MR) is 107 cm³/mol. The second-order valence-corrected chi connectivity index (χ2v) is 6.87. The molecule has 1 aliphatic heterocycles. The van der Waals surface area contributed by atoms with Crippen molar-refractivity contribution in [3.63, 3.8) is 0 Å². The number of anilines is 2. The van der Waals surface area contributed by atoms with Gasteiger partial charge in [0, 0.05) is 39.3 Å². The van der Waals surface area contributed by atoms with Gasteiger partial charge in [0.2, 0.25) is 5.95 Å². The molecule has 0 aliphatic carbocycles. The van der Waals surface area contributed by atoms with Gasteiger partial charge in [-0.3, -0.25) is 4.90 Å². The highest BCUT2D eigenvalue weighted by Gasteiger charge is 2.19. The maximum Gasteiger partial charge on any atom is 0.244 e. The third-order valence-corrected chi connectivity index (χ3v) is 4.86. The average Bonchev–Trinajstić information content (AvgIpc) is 2.75. The molecule has 4 rings (SSSR count). The Morgan fingerprint density at radius 1 is 0.893 bits per heavy atom. The number of hydrogen-bond acceptors (Lipinski definition) is 6. The summed E-state index contributed by atoms with van der Waals surface area (Å²) in [5.41, 5.74) is 2.30. The lowest BCUT2D eigenvalue weighted by Crippen LogP contribution is -2.46. The fraction of sp³-hybridized carbons (Fsp3) is 0.286. The summed E-state index contributed by atoms with van der Waals surface area (Å²) in [6.45, 7) is 5.28. The van der Waals surface area contributed by atoms with Gasteiger partial charge in [-0.2, -0.15) is 10.1 Å². The lowest BCUT2D eigenvalue weighted by atomic mass is 10.2. The summed E-state index contributed by atoms with van der Waals surface area (Å²) < 4.78 is 13.0. The Bertz CT molecular complexity index is 879. The van der Waals surface area contributed by atoms with Crippen LogP contribution in [0.1, 0.15) is 11.1 Å². The molecule has 2 heterocycles. The number of benzene rings is 2. The minimum atomic E-state index is -0.241. The molecule has 0 spiro atoms. The molecule has 0 atom stereocenters. The number of halogens is 1. The van der Waals surface area contributed by atoms with E-state index in [1.807, 2.05) is 6.07 Å². The standard InChI is InChI=1S/C21H23FN6/c22-19-8-6-17(7-9-19)14-23-21-25-20(15-24-26-21)28-12-10-27(11-13-28)16-18-4-2-1-3-5-18/h1-9,15H,10-14,16H2,(H,23,25,26). The minimum absolute atomic E-state index is 0.241. The number of aromatic nitrogens is 3. The minimum Gasteiger partial charge on any atom is -0.353 e. The maximum absolute atomic E-state index is 13.0. The molecule has 0 radical (unpaired) electrons. The first-order chi connectivity index (χ1) is 13.8. The fourth-order valence-corrected chi connectivity index (χ4v) is 3.28. The Hall–Kier alpha value is -3.06. The highest BCUT2D eigenvalue weighted by molar-refractivity contribution is 5.41. The van der Waals surface area contributed by atoms with Gasteiger partial charge in [0.1, 0.15) is 5.82 Å². The number of nitrogens with one attached hydrogen (secondary N) is 1. The zero-order valence-electron chi connectivity index (χ0n) is 15.6. The molecule has 3 aromatic rings.